The van der Waals surface area contributed by atoms with Crippen molar-refractivity contribution in [3.63, 3.8) is 0 Å². The van der Waals surface area contributed by atoms with Crippen molar-refractivity contribution in [1.82, 2.24) is 10.2 Å². The van der Waals surface area contributed by atoms with Gasteiger partial charge in [0, 0.05) is 18.7 Å². The third-order valence-corrected chi connectivity index (χ3v) is 3.57. The second-order valence-corrected chi connectivity index (χ2v) is 6.08. The molecule has 1 aromatic carbocycles. The van der Waals surface area contributed by atoms with Crippen molar-refractivity contribution in [2.24, 2.45) is 0 Å². The lowest BCUT2D eigenvalue weighted by molar-refractivity contribution is -0.127. The molecule has 0 aromatic heterocycles. The smallest absolute Gasteiger partial charge is 0.237 e. The van der Waals surface area contributed by atoms with Crippen molar-refractivity contribution in [1.29, 1.82) is 0 Å². The topological polar surface area (TPSA) is 61.8 Å². The highest BCUT2D eigenvalue weighted by Crippen LogP contribution is 2.17. The number of ether oxygens (including phenoxy) is 1. The highest BCUT2D eigenvalue weighted by Gasteiger charge is 2.25. The van der Waals surface area contributed by atoms with Crippen LogP contribution >= 0.6 is 0 Å². The Morgan fingerprint density at radius 3 is 2.59 bits per heavy atom. The normalized spacial score (nSPS) is 13.0. The van der Waals surface area contributed by atoms with Crippen LogP contribution in [0, 0.1) is 0 Å². The molecule has 1 rings (SSSR count). The number of carbonyl (C=O) groups excluding carboxylic acids is 1. The second kappa shape index (κ2) is 8.15. The molecule has 0 saturated heterocycles. The molecule has 124 valence electrons. The summed E-state index contributed by atoms with van der Waals surface area (Å²) in [5, 5.41) is 12.9. The summed E-state index contributed by atoms with van der Waals surface area (Å²) in [6.07, 6.45) is 0. The SMILES string of the molecule is CCN(CC(C)(C)O)C(C)C(=O)NCc1ccccc1OC. The van der Waals surface area contributed by atoms with Crippen LogP contribution < -0.4 is 10.1 Å². The van der Waals surface area contributed by atoms with E-state index >= 15 is 0 Å². The Labute approximate surface area is 133 Å². The molecule has 0 fully saturated rings. The van der Waals surface area contributed by atoms with Gasteiger partial charge in [-0.1, -0.05) is 25.1 Å². The lowest BCUT2D eigenvalue weighted by atomic mass is 10.1. The number of methoxy groups -OCH3 is 1. The number of likely N-dealkylation sites (N-methyl/N-ethyl adjacent to an activating group) is 1. The summed E-state index contributed by atoms with van der Waals surface area (Å²) in [4.78, 5) is 14.3. The van der Waals surface area contributed by atoms with E-state index in [1.807, 2.05) is 43.0 Å². The average Bonchev–Trinajstić information content (AvgIpc) is 2.48. The molecule has 5 heteroatoms. The summed E-state index contributed by atoms with van der Waals surface area (Å²) < 4.78 is 5.28. The molecular formula is C17H28N2O3. The fourth-order valence-corrected chi connectivity index (χ4v) is 2.36. The Morgan fingerprint density at radius 1 is 1.41 bits per heavy atom. The van der Waals surface area contributed by atoms with Gasteiger partial charge in [-0.25, -0.2) is 0 Å². The number of aliphatic hydroxyl groups is 1. The van der Waals surface area contributed by atoms with Gasteiger partial charge in [0.05, 0.1) is 18.8 Å². The molecule has 1 atom stereocenters. The third kappa shape index (κ3) is 5.66. The number of nitrogens with zero attached hydrogens (tertiary/aromatic N) is 1. The van der Waals surface area contributed by atoms with Crippen LogP contribution in [0.2, 0.25) is 0 Å². The van der Waals surface area contributed by atoms with Crippen molar-refractivity contribution in [2.75, 3.05) is 20.2 Å². The van der Waals surface area contributed by atoms with Gasteiger partial charge >= 0.3 is 0 Å². The number of hydrogen-bond acceptors (Lipinski definition) is 4. The van der Waals surface area contributed by atoms with Crippen molar-refractivity contribution < 1.29 is 14.6 Å². The van der Waals surface area contributed by atoms with E-state index in [2.05, 4.69) is 5.32 Å². The summed E-state index contributed by atoms with van der Waals surface area (Å²) in [5.74, 6) is 0.705. The number of carbonyl (C=O) groups is 1. The van der Waals surface area contributed by atoms with Crippen LogP contribution in [0.15, 0.2) is 24.3 Å². The standard InChI is InChI=1S/C17H28N2O3/c1-6-19(12-17(3,4)21)13(2)16(20)18-11-14-9-7-8-10-15(14)22-5/h7-10,13,21H,6,11-12H2,1-5H3,(H,18,20). The van der Waals surface area contributed by atoms with E-state index in [0.29, 0.717) is 19.6 Å². The minimum absolute atomic E-state index is 0.0583. The summed E-state index contributed by atoms with van der Waals surface area (Å²) in [6.45, 7) is 8.90. The predicted octanol–water partition coefficient (Wildman–Crippen LogP) is 1.79. The van der Waals surface area contributed by atoms with Gasteiger partial charge in [-0.3, -0.25) is 9.69 Å². The van der Waals surface area contributed by atoms with Crippen molar-refractivity contribution in [2.45, 2.75) is 45.9 Å². The Balaban J connectivity index is 2.63. The number of amides is 1. The monoisotopic (exact) mass is 308 g/mol. The number of benzene rings is 1. The van der Waals surface area contributed by atoms with Gasteiger partial charge in [0.1, 0.15) is 5.75 Å². The molecule has 22 heavy (non-hydrogen) atoms. The third-order valence-electron chi connectivity index (χ3n) is 3.57. The summed E-state index contributed by atoms with van der Waals surface area (Å²) in [5.41, 5.74) is 0.115. The number of rotatable bonds is 8. The lowest BCUT2D eigenvalue weighted by Gasteiger charge is -2.32. The lowest BCUT2D eigenvalue weighted by Crippen LogP contribution is -2.49. The summed E-state index contributed by atoms with van der Waals surface area (Å²) >= 11 is 0. The minimum Gasteiger partial charge on any atom is -0.496 e. The Morgan fingerprint density at radius 2 is 2.05 bits per heavy atom. The zero-order valence-electron chi connectivity index (χ0n) is 14.2. The van der Waals surface area contributed by atoms with Crippen molar-refractivity contribution in [3.8, 4) is 5.75 Å². The Hall–Kier alpha value is -1.59. The molecule has 0 spiro atoms. The van der Waals surface area contributed by atoms with Gasteiger partial charge in [0.15, 0.2) is 0 Å². The first-order valence-corrected chi connectivity index (χ1v) is 7.64. The number of para-hydroxylation sites is 1. The zero-order chi connectivity index (χ0) is 16.8. The van der Waals surface area contributed by atoms with E-state index in [4.69, 9.17) is 4.74 Å². The van der Waals surface area contributed by atoms with Gasteiger partial charge in [-0.2, -0.15) is 0 Å². The summed E-state index contributed by atoms with van der Waals surface area (Å²) in [7, 11) is 1.62. The molecule has 2 N–H and O–H groups in total. The Bertz CT molecular complexity index is 483. The van der Waals surface area contributed by atoms with Crippen LogP contribution in [-0.4, -0.2) is 47.8 Å². The molecule has 1 unspecified atom stereocenters. The molecule has 0 aliphatic heterocycles. The highest BCUT2D eigenvalue weighted by atomic mass is 16.5. The summed E-state index contributed by atoms with van der Waals surface area (Å²) in [6, 6.07) is 7.32. The largest absolute Gasteiger partial charge is 0.496 e. The van der Waals surface area contributed by atoms with Crippen LogP contribution in [0.25, 0.3) is 0 Å². The molecular weight excluding hydrogens is 280 g/mol. The first kappa shape index (κ1) is 18.5. The van der Waals surface area contributed by atoms with Crippen LogP contribution in [0.4, 0.5) is 0 Å². The van der Waals surface area contributed by atoms with E-state index in [9.17, 15) is 9.90 Å². The fraction of sp³-hybridized carbons (Fsp3) is 0.588. The molecule has 1 amide bonds. The van der Waals surface area contributed by atoms with Gasteiger partial charge in [0.25, 0.3) is 0 Å². The van der Waals surface area contributed by atoms with Crippen LogP contribution in [0.1, 0.15) is 33.3 Å². The minimum atomic E-state index is -0.826. The molecule has 0 aliphatic carbocycles. The number of nitrogens with one attached hydrogen (secondary N) is 1. The zero-order valence-corrected chi connectivity index (χ0v) is 14.2. The molecule has 0 saturated carbocycles. The average molecular weight is 308 g/mol. The van der Waals surface area contributed by atoms with Crippen LogP contribution in [-0.2, 0) is 11.3 Å². The molecule has 0 aliphatic rings. The fourth-order valence-electron chi connectivity index (χ4n) is 2.36. The quantitative estimate of drug-likeness (QED) is 0.769. The molecule has 0 radical (unpaired) electrons. The number of hydrogen-bond donors (Lipinski definition) is 2. The van der Waals surface area contributed by atoms with E-state index in [0.717, 1.165) is 11.3 Å². The highest BCUT2D eigenvalue weighted by molar-refractivity contribution is 5.81. The molecule has 0 heterocycles. The first-order chi connectivity index (χ1) is 10.3. The van der Waals surface area contributed by atoms with E-state index in [1.165, 1.54) is 0 Å². The van der Waals surface area contributed by atoms with Crippen molar-refractivity contribution >= 4 is 5.91 Å². The van der Waals surface area contributed by atoms with Gasteiger partial charge < -0.3 is 15.2 Å². The van der Waals surface area contributed by atoms with E-state index in [1.54, 1.807) is 21.0 Å². The molecule has 5 nitrogen and oxygen atoms in total. The predicted molar refractivity (Wildman–Crippen MR) is 87.8 cm³/mol. The molecule has 0 bridgehead atoms. The van der Waals surface area contributed by atoms with Gasteiger partial charge in [-0.15, -0.1) is 0 Å². The van der Waals surface area contributed by atoms with E-state index < -0.39 is 5.60 Å². The first-order valence-electron chi connectivity index (χ1n) is 7.64. The van der Waals surface area contributed by atoms with Crippen LogP contribution in [0.5, 0.6) is 5.75 Å². The van der Waals surface area contributed by atoms with Crippen molar-refractivity contribution in [3.05, 3.63) is 29.8 Å². The maximum Gasteiger partial charge on any atom is 0.237 e. The molecule has 1 aromatic rings. The van der Waals surface area contributed by atoms with E-state index in [-0.39, 0.29) is 11.9 Å². The maximum atomic E-state index is 12.3. The Kier molecular flexibility index (Phi) is 6.84. The van der Waals surface area contributed by atoms with Gasteiger partial charge in [0.2, 0.25) is 5.91 Å². The van der Waals surface area contributed by atoms with Crippen LogP contribution in [0.3, 0.4) is 0 Å². The van der Waals surface area contributed by atoms with Gasteiger partial charge in [-0.05, 0) is 33.4 Å². The maximum absolute atomic E-state index is 12.3. The second-order valence-electron chi connectivity index (χ2n) is 6.08.